The van der Waals surface area contributed by atoms with E-state index in [0.717, 1.165) is 11.3 Å². The van der Waals surface area contributed by atoms with Crippen molar-refractivity contribution in [1.82, 2.24) is 15.0 Å². The summed E-state index contributed by atoms with van der Waals surface area (Å²) in [7, 11) is 0. The lowest BCUT2D eigenvalue weighted by Gasteiger charge is -1.99. The van der Waals surface area contributed by atoms with E-state index in [-0.39, 0.29) is 5.69 Å². The smallest absolute Gasteiger partial charge is 0.268 e. The summed E-state index contributed by atoms with van der Waals surface area (Å²) in [6.45, 7) is 1.92. The molecule has 3 aromatic rings. The number of aromatic nitrogens is 3. The third-order valence-corrected chi connectivity index (χ3v) is 3.02. The molecule has 1 aromatic carbocycles. The number of pyridine rings is 1. The molecule has 22 heavy (non-hydrogen) atoms. The van der Waals surface area contributed by atoms with Gasteiger partial charge in [-0.2, -0.15) is 0 Å². The van der Waals surface area contributed by atoms with Crippen LogP contribution >= 0.6 is 0 Å². The lowest BCUT2D eigenvalue weighted by Crippen LogP contribution is -2.13. The first kappa shape index (κ1) is 13.7. The number of aryl methyl sites for hydroxylation is 1. The van der Waals surface area contributed by atoms with E-state index in [1.165, 1.54) is 6.20 Å². The van der Waals surface area contributed by atoms with Crippen LogP contribution in [0.25, 0.3) is 11.0 Å². The molecule has 0 radical (unpaired) electrons. The van der Waals surface area contributed by atoms with E-state index < -0.39 is 5.91 Å². The van der Waals surface area contributed by atoms with Crippen LogP contribution in [0.1, 0.15) is 27.4 Å². The Morgan fingerprint density at radius 1 is 1.09 bits per heavy atom. The molecular formula is C17H12N4O. The number of nitrogens with zero attached hydrogens (tertiary/aromatic N) is 3. The molecule has 0 bridgehead atoms. The number of hydrogen-bond acceptors (Lipinski definition) is 4. The first-order valence-corrected chi connectivity index (χ1v) is 6.64. The third kappa shape index (κ3) is 2.91. The van der Waals surface area contributed by atoms with Crippen LogP contribution in [0.15, 0.2) is 42.6 Å². The van der Waals surface area contributed by atoms with Gasteiger partial charge >= 0.3 is 0 Å². The van der Waals surface area contributed by atoms with Crippen LogP contribution in [-0.4, -0.2) is 20.9 Å². The molecule has 1 amide bonds. The van der Waals surface area contributed by atoms with Crippen LogP contribution in [0.4, 0.5) is 0 Å². The molecule has 2 N–H and O–H groups in total. The van der Waals surface area contributed by atoms with Crippen molar-refractivity contribution in [2.24, 2.45) is 5.73 Å². The van der Waals surface area contributed by atoms with Crippen molar-refractivity contribution in [1.29, 1.82) is 0 Å². The summed E-state index contributed by atoms with van der Waals surface area (Å²) in [5.74, 6) is 5.43. The largest absolute Gasteiger partial charge is 0.364 e. The zero-order valence-corrected chi connectivity index (χ0v) is 11.9. The first-order valence-electron chi connectivity index (χ1n) is 6.64. The maximum Gasteiger partial charge on any atom is 0.268 e. The van der Waals surface area contributed by atoms with Gasteiger partial charge in [0, 0.05) is 11.3 Å². The summed E-state index contributed by atoms with van der Waals surface area (Å²) in [4.78, 5) is 23.8. The second-order valence-corrected chi connectivity index (χ2v) is 4.74. The number of hydrogen-bond donors (Lipinski definition) is 1. The molecule has 5 heteroatoms. The molecule has 2 heterocycles. The summed E-state index contributed by atoms with van der Waals surface area (Å²) in [6, 6.07) is 11.1. The SMILES string of the molecule is Cc1cccc(C#Cc2ccc3ncc(C(N)=O)nc3c2)n1. The zero-order valence-electron chi connectivity index (χ0n) is 11.9. The number of carbonyl (C=O) groups excluding carboxylic acids is 1. The molecule has 0 saturated heterocycles. The molecule has 0 aliphatic carbocycles. The number of primary amides is 1. The van der Waals surface area contributed by atoms with E-state index in [9.17, 15) is 4.79 Å². The fourth-order valence-electron chi connectivity index (χ4n) is 1.96. The van der Waals surface area contributed by atoms with E-state index in [2.05, 4.69) is 26.8 Å². The van der Waals surface area contributed by atoms with E-state index in [1.807, 2.05) is 31.2 Å². The van der Waals surface area contributed by atoms with Gasteiger partial charge in [0.1, 0.15) is 11.4 Å². The first-order chi connectivity index (χ1) is 10.6. The monoisotopic (exact) mass is 288 g/mol. The summed E-state index contributed by atoms with van der Waals surface area (Å²) in [5, 5.41) is 0. The fourth-order valence-corrected chi connectivity index (χ4v) is 1.96. The Morgan fingerprint density at radius 3 is 2.73 bits per heavy atom. The Kier molecular flexibility index (Phi) is 3.50. The Balaban J connectivity index is 2.00. The average Bonchev–Trinajstić information content (AvgIpc) is 2.52. The van der Waals surface area contributed by atoms with E-state index >= 15 is 0 Å². The van der Waals surface area contributed by atoms with Gasteiger partial charge in [0.15, 0.2) is 0 Å². The minimum Gasteiger partial charge on any atom is -0.364 e. The summed E-state index contributed by atoms with van der Waals surface area (Å²) in [5.41, 5.74) is 9.01. The van der Waals surface area contributed by atoms with Crippen molar-refractivity contribution in [3.63, 3.8) is 0 Å². The van der Waals surface area contributed by atoms with Crippen LogP contribution in [0.2, 0.25) is 0 Å². The van der Waals surface area contributed by atoms with Crippen LogP contribution in [0, 0.1) is 18.8 Å². The van der Waals surface area contributed by atoms with Crippen molar-refractivity contribution in [2.75, 3.05) is 0 Å². The highest BCUT2D eigenvalue weighted by atomic mass is 16.1. The third-order valence-electron chi connectivity index (χ3n) is 3.02. The minimum absolute atomic E-state index is 0.137. The van der Waals surface area contributed by atoms with Gasteiger partial charge in [-0.1, -0.05) is 12.0 Å². The highest BCUT2D eigenvalue weighted by Gasteiger charge is 2.04. The van der Waals surface area contributed by atoms with Crippen LogP contribution < -0.4 is 5.73 Å². The highest BCUT2D eigenvalue weighted by molar-refractivity contribution is 5.92. The average molecular weight is 288 g/mol. The molecule has 0 saturated carbocycles. The molecule has 0 aliphatic heterocycles. The van der Waals surface area contributed by atoms with E-state index in [4.69, 9.17) is 5.73 Å². The molecule has 0 aliphatic rings. The Bertz CT molecular complexity index is 938. The Labute approximate surface area is 127 Å². The van der Waals surface area contributed by atoms with Crippen molar-refractivity contribution < 1.29 is 4.79 Å². The molecule has 2 aromatic heterocycles. The predicted octanol–water partition coefficient (Wildman–Crippen LogP) is 1.83. The van der Waals surface area contributed by atoms with Gasteiger partial charge in [-0.25, -0.2) is 9.97 Å². The normalized spacial score (nSPS) is 10.0. The topological polar surface area (TPSA) is 81.8 Å². The van der Waals surface area contributed by atoms with Crippen molar-refractivity contribution in [2.45, 2.75) is 6.92 Å². The quantitative estimate of drug-likeness (QED) is 0.693. The molecule has 0 atom stereocenters. The minimum atomic E-state index is -0.602. The van der Waals surface area contributed by atoms with Gasteiger partial charge in [0.25, 0.3) is 5.91 Å². The summed E-state index contributed by atoms with van der Waals surface area (Å²) in [6.07, 6.45) is 1.37. The van der Waals surface area contributed by atoms with Gasteiger partial charge < -0.3 is 5.73 Å². The number of rotatable bonds is 1. The molecule has 0 spiro atoms. The van der Waals surface area contributed by atoms with E-state index in [0.29, 0.717) is 16.7 Å². The fraction of sp³-hybridized carbons (Fsp3) is 0.0588. The lowest BCUT2D eigenvalue weighted by atomic mass is 10.2. The highest BCUT2D eigenvalue weighted by Crippen LogP contribution is 2.12. The maximum absolute atomic E-state index is 11.2. The number of fused-ring (bicyclic) bond motifs is 1. The predicted molar refractivity (Wildman–Crippen MR) is 83.0 cm³/mol. The lowest BCUT2D eigenvalue weighted by molar-refractivity contribution is 0.0995. The Hall–Kier alpha value is -3.26. The standard InChI is InChI=1S/C17H12N4O/c1-11-3-2-4-13(20-11)7-5-12-6-8-14-15(9-12)21-16(10-19-14)17(18)22/h2-4,6,8-10H,1H3,(H2,18,22). The maximum atomic E-state index is 11.2. The van der Waals surface area contributed by atoms with Crippen LogP contribution in [-0.2, 0) is 0 Å². The number of carbonyl (C=O) groups is 1. The second-order valence-electron chi connectivity index (χ2n) is 4.74. The Morgan fingerprint density at radius 2 is 1.95 bits per heavy atom. The number of nitrogens with two attached hydrogens (primary N) is 1. The number of benzene rings is 1. The summed E-state index contributed by atoms with van der Waals surface area (Å²) >= 11 is 0. The van der Waals surface area contributed by atoms with E-state index in [1.54, 1.807) is 12.1 Å². The summed E-state index contributed by atoms with van der Waals surface area (Å²) < 4.78 is 0. The molecule has 106 valence electrons. The van der Waals surface area contributed by atoms with Crippen LogP contribution in [0.3, 0.4) is 0 Å². The van der Waals surface area contributed by atoms with Gasteiger partial charge in [0.2, 0.25) is 0 Å². The van der Waals surface area contributed by atoms with Gasteiger partial charge in [-0.3, -0.25) is 9.78 Å². The second kappa shape index (κ2) is 5.62. The molecule has 0 fully saturated rings. The van der Waals surface area contributed by atoms with Crippen molar-refractivity contribution >= 4 is 16.9 Å². The van der Waals surface area contributed by atoms with Crippen molar-refractivity contribution in [3.05, 3.63) is 65.2 Å². The molecule has 0 unspecified atom stereocenters. The van der Waals surface area contributed by atoms with Gasteiger partial charge in [0.05, 0.1) is 17.2 Å². The number of amides is 1. The zero-order chi connectivity index (χ0) is 15.5. The molecule has 5 nitrogen and oxygen atoms in total. The van der Waals surface area contributed by atoms with Crippen LogP contribution in [0.5, 0.6) is 0 Å². The van der Waals surface area contributed by atoms with Gasteiger partial charge in [-0.15, -0.1) is 0 Å². The van der Waals surface area contributed by atoms with Crippen molar-refractivity contribution in [3.8, 4) is 11.8 Å². The molecular weight excluding hydrogens is 276 g/mol. The van der Waals surface area contributed by atoms with Gasteiger partial charge in [-0.05, 0) is 43.2 Å². The molecule has 3 rings (SSSR count).